The standard InChI is InChI=1S/C23H28N2O2/c1-17-10-8-9-15-20(17)24-23(27)21(16-18-11-4-2-5-12-18)25-22(26)19-13-6-3-7-14-19/h2-7,11-14,17,20-21H,8-10,15-16H2,1H3,(H,24,27)(H,25,26)/t17-,20+,21+/m1/s1. The maximum Gasteiger partial charge on any atom is 0.251 e. The summed E-state index contributed by atoms with van der Waals surface area (Å²) in [7, 11) is 0. The summed E-state index contributed by atoms with van der Waals surface area (Å²) in [5.74, 6) is 0.162. The molecule has 0 aliphatic heterocycles. The highest BCUT2D eigenvalue weighted by Crippen LogP contribution is 2.23. The van der Waals surface area contributed by atoms with Gasteiger partial charge in [-0.05, 0) is 36.5 Å². The van der Waals surface area contributed by atoms with Gasteiger partial charge in [-0.25, -0.2) is 0 Å². The van der Waals surface area contributed by atoms with Crippen molar-refractivity contribution in [1.82, 2.24) is 10.6 Å². The van der Waals surface area contributed by atoms with E-state index in [1.54, 1.807) is 12.1 Å². The van der Waals surface area contributed by atoms with Crippen LogP contribution in [-0.2, 0) is 11.2 Å². The zero-order chi connectivity index (χ0) is 19.1. The lowest BCUT2D eigenvalue weighted by atomic mass is 9.85. The van der Waals surface area contributed by atoms with E-state index in [9.17, 15) is 9.59 Å². The van der Waals surface area contributed by atoms with E-state index in [0.29, 0.717) is 17.9 Å². The fourth-order valence-corrected chi connectivity index (χ4v) is 3.70. The highest BCUT2D eigenvalue weighted by Gasteiger charge is 2.27. The Morgan fingerprint density at radius 1 is 0.963 bits per heavy atom. The van der Waals surface area contributed by atoms with Crippen molar-refractivity contribution in [3.05, 3.63) is 71.8 Å². The fraction of sp³-hybridized carbons (Fsp3) is 0.391. The van der Waals surface area contributed by atoms with Gasteiger partial charge in [-0.15, -0.1) is 0 Å². The van der Waals surface area contributed by atoms with Gasteiger partial charge in [-0.1, -0.05) is 68.3 Å². The first kappa shape index (κ1) is 19.2. The van der Waals surface area contributed by atoms with E-state index in [1.807, 2.05) is 48.5 Å². The molecule has 0 saturated heterocycles. The van der Waals surface area contributed by atoms with Crippen molar-refractivity contribution in [3.63, 3.8) is 0 Å². The van der Waals surface area contributed by atoms with Crippen molar-refractivity contribution >= 4 is 11.8 Å². The summed E-state index contributed by atoms with van der Waals surface area (Å²) in [6, 6.07) is 18.5. The van der Waals surface area contributed by atoms with Gasteiger partial charge in [0.2, 0.25) is 5.91 Å². The van der Waals surface area contributed by atoms with Gasteiger partial charge in [0.1, 0.15) is 6.04 Å². The van der Waals surface area contributed by atoms with E-state index < -0.39 is 6.04 Å². The first-order chi connectivity index (χ1) is 13.1. The average molecular weight is 364 g/mol. The summed E-state index contributed by atoms with van der Waals surface area (Å²) in [6.45, 7) is 2.19. The first-order valence-corrected chi connectivity index (χ1v) is 9.83. The molecule has 4 heteroatoms. The Morgan fingerprint density at radius 2 is 1.59 bits per heavy atom. The maximum atomic E-state index is 13.0. The largest absolute Gasteiger partial charge is 0.351 e. The van der Waals surface area contributed by atoms with Crippen LogP contribution in [0.15, 0.2) is 60.7 Å². The van der Waals surface area contributed by atoms with Gasteiger partial charge in [0.25, 0.3) is 5.91 Å². The Bertz CT molecular complexity index is 745. The lowest BCUT2D eigenvalue weighted by molar-refractivity contribution is -0.124. The van der Waals surface area contributed by atoms with Gasteiger partial charge in [0.05, 0.1) is 0 Å². The van der Waals surface area contributed by atoms with E-state index in [-0.39, 0.29) is 17.9 Å². The molecule has 3 atom stereocenters. The number of carbonyl (C=O) groups excluding carboxylic acids is 2. The zero-order valence-corrected chi connectivity index (χ0v) is 15.9. The zero-order valence-electron chi connectivity index (χ0n) is 15.9. The number of hydrogen-bond acceptors (Lipinski definition) is 2. The molecule has 0 unspecified atom stereocenters. The SMILES string of the molecule is C[C@@H]1CCCC[C@@H]1NC(=O)[C@H](Cc1ccccc1)NC(=O)c1ccccc1. The van der Waals surface area contributed by atoms with Crippen LogP contribution in [0.2, 0.25) is 0 Å². The summed E-state index contributed by atoms with van der Waals surface area (Å²) in [4.78, 5) is 25.6. The summed E-state index contributed by atoms with van der Waals surface area (Å²) >= 11 is 0. The van der Waals surface area contributed by atoms with Crippen LogP contribution < -0.4 is 10.6 Å². The molecule has 2 amide bonds. The van der Waals surface area contributed by atoms with Crippen LogP contribution in [0, 0.1) is 5.92 Å². The van der Waals surface area contributed by atoms with Gasteiger partial charge in [-0.3, -0.25) is 9.59 Å². The number of rotatable bonds is 6. The van der Waals surface area contributed by atoms with Crippen LogP contribution in [-0.4, -0.2) is 23.9 Å². The molecule has 142 valence electrons. The second-order valence-corrected chi connectivity index (χ2v) is 7.46. The lowest BCUT2D eigenvalue weighted by Gasteiger charge is -2.31. The van der Waals surface area contributed by atoms with Gasteiger partial charge in [0.15, 0.2) is 0 Å². The van der Waals surface area contributed by atoms with Crippen LogP contribution in [0.4, 0.5) is 0 Å². The molecule has 0 bridgehead atoms. The smallest absolute Gasteiger partial charge is 0.251 e. The summed E-state index contributed by atoms with van der Waals surface area (Å²) in [5.41, 5.74) is 1.59. The number of nitrogens with one attached hydrogen (secondary N) is 2. The molecule has 0 heterocycles. The van der Waals surface area contributed by atoms with Crippen LogP contribution in [0.1, 0.15) is 48.5 Å². The minimum atomic E-state index is -0.589. The van der Waals surface area contributed by atoms with E-state index in [2.05, 4.69) is 17.6 Å². The Balaban J connectivity index is 1.72. The van der Waals surface area contributed by atoms with Crippen molar-refractivity contribution in [2.45, 2.75) is 51.1 Å². The minimum Gasteiger partial charge on any atom is -0.351 e. The molecular formula is C23H28N2O2. The Morgan fingerprint density at radius 3 is 2.26 bits per heavy atom. The highest BCUT2D eigenvalue weighted by atomic mass is 16.2. The third kappa shape index (κ3) is 5.43. The quantitative estimate of drug-likeness (QED) is 0.821. The molecule has 2 aromatic carbocycles. The number of carbonyl (C=O) groups is 2. The number of benzene rings is 2. The molecule has 27 heavy (non-hydrogen) atoms. The predicted octanol–water partition coefficient (Wildman–Crippen LogP) is 3.72. The normalized spacial score (nSPS) is 20.5. The van der Waals surface area contributed by atoms with Crippen molar-refractivity contribution < 1.29 is 9.59 Å². The summed E-state index contributed by atoms with van der Waals surface area (Å²) in [5, 5.41) is 6.13. The lowest BCUT2D eigenvalue weighted by Crippen LogP contribution is -2.52. The summed E-state index contributed by atoms with van der Waals surface area (Å²) in [6.07, 6.45) is 5.01. The Labute approximate surface area is 161 Å². The Kier molecular flexibility index (Phi) is 6.64. The van der Waals surface area contributed by atoms with Crippen LogP contribution in [0.5, 0.6) is 0 Å². The molecule has 2 N–H and O–H groups in total. The van der Waals surface area contributed by atoms with Gasteiger partial charge >= 0.3 is 0 Å². The monoisotopic (exact) mass is 364 g/mol. The minimum absolute atomic E-state index is 0.0955. The third-order valence-corrected chi connectivity index (χ3v) is 5.38. The molecule has 1 aliphatic rings. The number of hydrogen-bond donors (Lipinski definition) is 2. The summed E-state index contributed by atoms with van der Waals surface area (Å²) < 4.78 is 0. The molecule has 2 aromatic rings. The first-order valence-electron chi connectivity index (χ1n) is 9.83. The van der Waals surface area contributed by atoms with Crippen LogP contribution in [0.3, 0.4) is 0 Å². The highest BCUT2D eigenvalue weighted by molar-refractivity contribution is 5.97. The molecule has 4 nitrogen and oxygen atoms in total. The van der Waals surface area contributed by atoms with Crippen molar-refractivity contribution in [2.75, 3.05) is 0 Å². The molecule has 1 aliphatic carbocycles. The van der Waals surface area contributed by atoms with Crippen molar-refractivity contribution in [1.29, 1.82) is 0 Å². The van der Waals surface area contributed by atoms with E-state index in [4.69, 9.17) is 0 Å². The molecule has 0 radical (unpaired) electrons. The molecule has 3 rings (SSSR count). The average Bonchev–Trinajstić information content (AvgIpc) is 2.70. The molecule has 0 spiro atoms. The predicted molar refractivity (Wildman–Crippen MR) is 107 cm³/mol. The van der Waals surface area contributed by atoms with Gasteiger partial charge in [-0.2, -0.15) is 0 Å². The second-order valence-electron chi connectivity index (χ2n) is 7.46. The molecular weight excluding hydrogens is 336 g/mol. The molecule has 0 aromatic heterocycles. The number of amides is 2. The third-order valence-electron chi connectivity index (χ3n) is 5.38. The molecule has 1 saturated carbocycles. The van der Waals surface area contributed by atoms with Crippen LogP contribution in [0.25, 0.3) is 0 Å². The van der Waals surface area contributed by atoms with Gasteiger partial charge < -0.3 is 10.6 Å². The van der Waals surface area contributed by atoms with Crippen molar-refractivity contribution in [3.8, 4) is 0 Å². The van der Waals surface area contributed by atoms with Crippen molar-refractivity contribution in [2.24, 2.45) is 5.92 Å². The second kappa shape index (κ2) is 9.36. The fourth-order valence-electron chi connectivity index (χ4n) is 3.70. The Hall–Kier alpha value is -2.62. The van der Waals surface area contributed by atoms with E-state index in [1.165, 1.54) is 6.42 Å². The van der Waals surface area contributed by atoms with E-state index in [0.717, 1.165) is 24.8 Å². The molecule has 1 fully saturated rings. The van der Waals surface area contributed by atoms with E-state index >= 15 is 0 Å². The van der Waals surface area contributed by atoms with Crippen LogP contribution >= 0.6 is 0 Å². The van der Waals surface area contributed by atoms with Gasteiger partial charge in [0, 0.05) is 18.0 Å². The topological polar surface area (TPSA) is 58.2 Å². The maximum absolute atomic E-state index is 13.0.